The topological polar surface area (TPSA) is 119 Å². The van der Waals surface area contributed by atoms with Crippen molar-refractivity contribution in [1.82, 2.24) is 15.5 Å². The molecule has 2 heterocycles. The van der Waals surface area contributed by atoms with Crippen LogP contribution in [0.25, 0.3) is 0 Å². The number of aliphatic hydroxyl groups excluding tert-OH is 1. The molecule has 10 heteroatoms. The minimum atomic E-state index is -1.44. The number of barbiturate groups is 1. The van der Waals surface area contributed by atoms with Gasteiger partial charge in [0.1, 0.15) is 5.41 Å². The van der Waals surface area contributed by atoms with E-state index in [-0.39, 0.29) is 18.6 Å². The van der Waals surface area contributed by atoms with Gasteiger partial charge in [-0.05, 0) is 65.0 Å². The Hall–Kier alpha value is -3.47. The lowest BCUT2D eigenvalue weighted by molar-refractivity contribution is -0.146. The number of fused-ring (bicyclic) bond motifs is 2. The number of anilines is 2. The van der Waals surface area contributed by atoms with E-state index in [1.54, 1.807) is 11.8 Å². The van der Waals surface area contributed by atoms with E-state index in [9.17, 15) is 24.3 Å². The van der Waals surface area contributed by atoms with E-state index >= 15 is 0 Å². The molecule has 0 aromatic heterocycles. The number of aliphatic hydroxyl groups is 1. The van der Waals surface area contributed by atoms with Crippen LogP contribution in [0.5, 0.6) is 0 Å². The van der Waals surface area contributed by atoms with Gasteiger partial charge in [-0.1, -0.05) is 43.0 Å². The number of hydrogen-bond donors (Lipinski definition) is 3. The molecule has 9 nitrogen and oxygen atoms in total. The van der Waals surface area contributed by atoms with Gasteiger partial charge in [-0.3, -0.25) is 25.0 Å². The van der Waals surface area contributed by atoms with E-state index < -0.39 is 29.4 Å². The summed E-state index contributed by atoms with van der Waals surface area (Å²) in [6.07, 6.45) is 1.14. The van der Waals surface area contributed by atoms with Crippen molar-refractivity contribution in [3.05, 3.63) is 60.7 Å². The summed E-state index contributed by atoms with van der Waals surface area (Å²) in [5.41, 5.74) is 1.74. The van der Waals surface area contributed by atoms with E-state index in [2.05, 4.69) is 73.8 Å². The first-order valence-electron chi connectivity index (χ1n) is 13.3. The van der Waals surface area contributed by atoms with E-state index in [1.165, 1.54) is 28.5 Å². The van der Waals surface area contributed by atoms with Crippen LogP contribution in [0.1, 0.15) is 50.4 Å². The fourth-order valence-corrected chi connectivity index (χ4v) is 5.69. The van der Waals surface area contributed by atoms with Crippen LogP contribution >= 0.6 is 11.8 Å². The molecule has 4 amide bonds. The highest BCUT2D eigenvalue weighted by Crippen LogP contribution is 2.48. The molecule has 0 aliphatic carbocycles. The number of amides is 4. The van der Waals surface area contributed by atoms with Crippen LogP contribution in [-0.2, 0) is 9.59 Å². The molecule has 0 bridgehead atoms. The van der Waals surface area contributed by atoms with Gasteiger partial charge in [-0.25, -0.2) is 4.79 Å². The van der Waals surface area contributed by atoms with Gasteiger partial charge in [-0.2, -0.15) is 0 Å². The van der Waals surface area contributed by atoms with E-state index in [0.717, 1.165) is 17.8 Å². The van der Waals surface area contributed by atoms with Crippen molar-refractivity contribution in [3.8, 4) is 0 Å². The molecule has 2 aliphatic heterocycles. The Balaban J connectivity index is 0.000000241. The number of hydrogen-bond acceptors (Lipinski definition) is 8. The molecular formula is C30H38N4O5S. The molecule has 2 atom stereocenters. The number of likely N-dealkylation sites (N-methyl/N-ethyl adjacent to an activating group) is 1. The second-order valence-corrected chi connectivity index (χ2v) is 11.4. The first-order chi connectivity index (χ1) is 18.9. The first-order valence-corrected chi connectivity index (χ1v) is 14.1. The zero-order valence-corrected chi connectivity index (χ0v) is 24.5. The lowest BCUT2D eigenvalue weighted by Gasteiger charge is -2.36. The molecular weight excluding hydrogens is 528 g/mol. The maximum Gasteiger partial charge on any atom is 0.328 e. The summed E-state index contributed by atoms with van der Waals surface area (Å²) in [5.74, 6) is -1.19. The number of nitrogens with one attached hydrogen (secondary N) is 2. The lowest BCUT2D eigenvalue weighted by Crippen LogP contribution is -2.62. The lowest BCUT2D eigenvalue weighted by atomic mass is 9.76. The normalized spacial score (nSPS) is 17.0. The number of urea groups is 1. The Kier molecular flexibility index (Phi) is 10.3. The standard InChI is InChI=1S/C20H24N2OS.C10H14N2O4/c1-5-18(23)15-10-11-20-17(12-15)22(13-14(2)21(3)4)16-8-6-7-9-19(16)24-20;1-3-4-10(5-6(2)13)7(14)11-9(16)12-8(10)15/h6-12,14H,5,13H2,1-4H3;3,6,13H,1,4-5H2,2H3,(H2,11,12,14,15,16). The van der Waals surface area contributed by atoms with Crippen molar-refractivity contribution >= 4 is 46.8 Å². The SMILES string of the molecule is C=CCC1(CC(C)O)C(=O)NC(=O)NC1=O.CCC(=O)c1ccc2c(c1)N(CC(C)N(C)C)c1ccccc1S2. The molecule has 1 fully saturated rings. The molecule has 3 N–H and O–H groups in total. The second kappa shape index (κ2) is 13.3. The average molecular weight is 567 g/mol. The molecule has 1 saturated heterocycles. The van der Waals surface area contributed by atoms with Crippen LogP contribution in [0.15, 0.2) is 64.9 Å². The number of benzene rings is 2. The number of ketones is 1. The fourth-order valence-electron chi connectivity index (χ4n) is 4.62. The summed E-state index contributed by atoms with van der Waals surface area (Å²) in [4.78, 5) is 53.6. The summed E-state index contributed by atoms with van der Waals surface area (Å²) in [6.45, 7) is 9.97. The largest absolute Gasteiger partial charge is 0.393 e. The molecule has 40 heavy (non-hydrogen) atoms. The summed E-state index contributed by atoms with van der Waals surface area (Å²) in [5, 5.41) is 13.4. The molecule has 2 aromatic carbocycles. The van der Waals surface area contributed by atoms with Crippen LogP contribution in [0.2, 0.25) is 0 Å². The van der Waals surface area contributed by atoms with Gasteiger partial charge in [0.15, 0.2) is 5.78 Å². The van der Waals surface area contributed by atoms with E-state index in [1.807, 2.05) is 23.6 Å². The maximum atomic E-state index is 12.1. The van der Waals surface area contributed by atoms with Gasteiger partial charge in [0.25, 0.3) is 0 Å². The van der Waals surface area contributed by atoms with Gasteiger partial charge in [0.05, 0.1) is 17.5 Å². The van der Waals surface area contributed by atoms with Crippen LogP contribution in [-0.4, -0.2) is 66.4 Å². The predicted molar refractivity (Wildman–Crippen MR) is 157 cm³/mol. The van der Waals surface area contributed by atoms with Gasteiger partial charge in [0, 0.05) is 34.4 Å². The molecule has 2 aromatic rings. The quantitative estimate of drug-likeness (QED) is 0.230. The van der Waals surface area contributed by atoms with Crippen molar-refractivity contribution in [2.45, 2.75) is 62.0 Å². The van der Waals surface area contributed by atoms with Crippen molar-refractivity contribution in [3.63, 3.8) is 0 Å². The van der Waals surface area contributed by atoms with Gasteiger partial charge in [-0.15, -0.1) is 6.58 Å². The van der Waals surface area contributed by atoms with Crippen LogP contribution in [0, 0.1) is 5.41 Å². The number of imide groups is 2. The third kappa shape index (κ3) is 6.80. The number of rotatable bonds is 9. The Labute approximate surface area is 240 Å². The van der Waals surface area contributed by atoms with Crippen molar-refractivity contribution in [2.24, 2.45) is 5.41 Å². The fraction of sp³-hybridized carbons (Fsp3) is 0.400. The Bertz CT molecular complexity index is 1270. The number of carbonyl (C=O) groups excluding carboxylic acids is 4. The van der Waals surface area contributed by atoms with Crippen LogP contribution < -0.4 is 15.5 Å². The molecule has 2 aliphatic rings. The molecule has 0 spiro atoms. The van der Waals surface area contributed by atoms with E-state index in [0.29, 0.717) is 12.5 Å². The first kappa shape index (κ1) is 31.1. The average Bonchev–Trinajstić information content (AvgIpc) is 2.91. The summed E-state index contributed by atoms with van der Waals surface area (Å²) in [6, 6.07) is 14.2. The molecule has 2 unspecified atom stereocenters. The smallest absolute Gasteiger partial charge is 0.328 e. The number of allylic oxidation sites excluding steroid dienone is 1. The van der Waals surface area contributed by atoms with Crippen molar-refractivity contribution in [1.29, 1.82) is 0 Å². The minimum absolute atomic E-state index is 0.0516. The number of Topliss-reactive ketones (excluding diaryl/α,β-unsaturated/α-hetero) is 1. The second-order valence-electron chi connectivity index (χ2n) is 10.3. The zero-order valence-electron chi connectivity index (χ0n) is 23.7. The molecule has 214 valence electrons. The summed E-state index contributed by atoms with van der Waals surface area (Å²) >= 11 is 1.78. The minimum Gasteiger partial charge on any atom is -0.393 e. The highest BCUT2D eigenvalue weighted by atomic mass is 32.2. The van der Waals surface area contributed by atoms with E-state index in [4.69, 9.17) is 0 Å². The number of carbonyl (C=O) groups is 4. The summed E-state index contributed by atoms with van der Waals surface area (Å²) < 4.78 is 0. The highest BCUT2D eigenvalue weighted by molar-refractivity contribution is 7.99. The summed E-state index contributed by atoms with van der Waals surface area (Å²) in [7, 11) is 4.21. The van der Waals surface area contributed by atoms with Crippen molar-refractivity contribution in [2.75, 3.05) is 25.5 Å². The van der Waals surface area contributed by atoms with Gasteiger partial charge >= 0.3 is 6.03 Å². The Morgan fingerprint density at radius 3 is 2.27 bits per heavy atom. The van der Waals surface area contributed by atoms with Gasteiger partial charge in [0.2, 0.25) is 11.8 Å². The molecule has 0 radical (unpaired) electrons. The predicted octanol–water partition coefficient (Wildman–Crippen LogP) is 4.52. The molecule has 4 rings (SSSR count). The zero-order chi connectivity index (χ0) is 29.6. The number of para-hydroxylation sites is 1. The van der Waals surface area contributed by atoms with Crippen molar-refractivity contribution < 1.29 is 24.3 Å². The Morgan fingerprint density at radius 1 is 1.07 bits per heavy atom. The monoisotopic (exact) mass is 566 g/mol. The highest BCUT2D eigenvalue weighted by Gasteiger charge is 2.49. The maximum absolute atomic E-state index is 12.1. The molecule has 0 saturated carbocycles. The third-order valence-corrected chi connectivity index (χ3v) is 8.19. The number of nitrogens with zero attached hydrogens (tertiary/aromatic N) is 2. The van der Waals surface area contributed by atoms with Crippen LogP contribution in [0.4, 0.5) is 16.2 Å². The Morgan fingerprint density at radius 2 is 1.70 bits per heavy atom. The third-order valence-electron chi connectivity index (χ3n) is 7.06. The van der Waals surface area contributed by atoms with Crippen LogP contribution in [0.3, 0.4) is 0 Å². The van der Waals surface area contributed by atoms with Gasteiger partial charge < -0.3 is 14.9 Å².